The maximum absolute atomic E-state index is 10.3. The molecule has 0 heterocycles. The standard InChI is InChI=1S/C20H32O3/c1-2-3-4-5-6-7-8-9-10-11-12-13-14-16-19(21)17-15-18-20(22)23/h8-14,16,19,21H,2-7,15,17-18H2,1H3,(H,22,23)/b9-8+,11-10+,13-12-,16-14+/t19-/m1/s1. The molecular weight excluding hydrogens is 288 g/mol. The van der Waals surface area contributed by atoms with Gasteiger partial charge in [-0.25, -0.2) is 0 Å². The lowest BCUT2D eigenvalue weighted by Gasteiger charge is -2.02. The number of rotatable bonds is 14. The second kappa shape index (κ2) is 16.8. The third-order valence-corrected chi connectivity index (χ3v) is 3.39. The van der Waals surface area contributed by atoms with E-state index in [0.717, 1.165) is 6.42 Å². The second-order valence-corrected chi connectivity index (χ2v) is 5.64. The molecule has 0 rings (SSSR count). The minimum absolute atomic E-state index is 0.106. The van der Waals surface area contributed by atoms with E-state index in [1.807, 2.05) is 24.3 Å². The number of aliphatic hydroxyl groups excluding tert-OH is 1. The topological polar surface area (TPSA) is 57.5 Å². The van der Waals surface area contributed by atoms with Gasteiger partial charge in [0, 0.05) is 6.42 Å². The van der Waals surface area contributed by atoms with Crippen LogP contribution in [0.5, 0.6) is 0 Å². The first-order chi connectivity index (χ1) is 11.2. The highest BCUT2D eigenvalue weighted by Gasteiger charge is 2.01. The van der Waals surface area contributed by atoms with Crippen molar-refractivity contribution in [3.05, 3.63) is 48.6 Å². The zero-order chi connectivity index (χ0) is 17.2. The fourth-order valence-electron chi connectivity index (χ4n) is 2.05. The smallest absolute Gasteiger partial charge is 0.303 e. The summed E-state index contributed by atoms with van der Waals surface area (Å²) in [7, 11) is 0. The predicted octanol–water partition coefficient (Wildman–Crippen LogP) is 5.19. The Morgan fingerprint density at radius 3 is 2.26 bits per heavy atom. The van der Waals surface area contributed by atoms with Crippen LogP contribution in [0.3, 0.4) is 0 Å². The van der Waals surface area contributed by atoms with Gasteiger partial charge < -0.3 is 10.2 Å². The monoisotopic (exact) mass is 320 g/mol. The van der Waals surface area contributed by atoms with E-state index in [1.165, 1.54) is 32.1 Å². The van der Waals surface area contributed by atoms with Gasteiger partial charge in [0.25, 0.3) is 0 Å². The van der Waals surface area contributed by atoms with Crippen LogP contribution < -0.4 is 0 Å². The molecular formula is C20H32O3. The molecule has 0 spiro atoms. The van der Waals surface area contributed by atoms with Gasteiger partial charge in [0.2, 0.25) is 0 Å². The van der Waals surface area contributed by atoms with Crippen LogP contribution >= 0.6 is 0 Å². The van der Waals surface area contributed by atoms with Crippen LogP contribution in [0.1, 0.15) is 64.7 Å². The summed E-state index contributed by atoms with van der Waals surface area (Å²) in [5, 5.41) is 18.1. The van der Waals surface area contributed by atoms with E-state index < -0.39 is 12.1 Å². The van der Waals surface area contributed by atoms with Crippen LogP contribution in [0, 0.1) is 0 Å². The summed E-state index contributed by atoms with van der Waals surface area (Å²) in [5.41, 5.74) is 0. The van der Waals surface area contributed by atoms with Crippen molar-refractivity contribution in [1.29, 1.82) is 0 Å². The summed E-state index contributed by atoms with van der Waals surface area (Å²) in [6.07, 6.45) is 23.6. The lowest BCUT2D eigenvalue weighted by molar-refractivity contribution is -0.137. The summed E-state index contributed by atoms with van der Waals surface area (Å²) >= 11 is 0. The number of hydrogen-bond donors (Lipinski definition) is 2. The Morgan fingerprint density at radius 1 is 0.913 bits per heavy atom. The molecule has 0 aliphatic heterocycles. The molecule has 0 saturated heterocycles. The third kappa shape index (κ3) is 18.3. The number of aliphatic hydroxyl groups is 1. The third-order valence-electron chi connectivity index (χ3n) is 3.39. The van der Waals surface area contributed by atoms with E-state index in [2.05, 4.69) is 19.1 Å². The molecule has 0 aromatic carbocycles. The van der Waals surface area contributed by atoms with Crippen LogP contribution in [-0.2, 0) is 4.79 Å². The zero-order valence-electron chi connectivity index (χ0n) is 14.4. The van der Waals surface area contributed by atoms with E-state index in [4.69, 9.17) is 5.11 Å². The molecule has 0 aromatic heterocycles. The van der Waals surface area contributed by atoms with Crippen molar-refractivity contribution in [3.8, 4) is 0 Å². The Bertz CT molecular complexity index is 392. The maximum atomic E-state index is 10.3. The Hall–Kier alpha value is -1.61. The van der Waals surface area contributed by atoms with E-state index in [9.17, 15) is 9.90 Å². The first-order valence-corrected chi connectivity index (χ1v) is 8.73. The Morgan fingerprint density at radius 2 is 1.57 bits per heavy atom. The summed E-state index contributed by atoms with van der Waals surface area (Å²) in [6.45, 7) is 2.23. The number of carboxylic acids is 1. The van der Waals surface area contributed by atoms with Crippen LogP contribution in [0.4, 0.5) is 0 Å². The van der Waals surface area contributed by atoms with Gasteiger partial charge in [-0.2, -0.15) is 0 Å². The van der Waals surface area contributed by atoms with Gasteiger partial charge in [-0.3, -0.25) is 4.79 Å². The van der Waals surface area contributed by atoms with Crippen molar-refractivity contribution in [1.82, 2.24) is 0 Å². The molecule has 2 N–H and O–H groups in total. The number of carboxylic acid groups (broad SMARTS) is 1. The van der Waals surface area contributed by atoms with Gasteiger partial charge in [-0.15, -0.1) is 0 Å². The van der Waals surface area contributed by atoms with Crippen LogP contribution in [0.2, 0.25) is 0 Å². The second-order valence-electron chi connectivity index (χ2n) is 5.64. The molecule has 0 radical (unpaired) electrons. The van der Waals surface area contributed by atoms with Crippen molar-refractivity contribution < 1.29 is 15.0 Å². The van der Waals surface area contributed by atoms with Gasteiger partial charge in [0.15, 0.2) is 0 Å². The van der Waals surface area contributed by atoms with Crippen molar-refractivity contribution in [2.24, 2.45) is 0 Å². The fourth-order valence-corrected chi connectivity index (χ4v) is 2.05. The van der Waals surface area contributed by atoms with Crippen molar-refractivity contribution in [2.45, 2.75) is 70.8 Å². The highest BCUT2D eigenvalue weighted by atomic mass is 16.4. The van der Waals surface area contributed by atoms with E-state index in [0.29, 0.717) is 12.8 Å². The molecule has 0 aromatic rings. The van der Waals surface area contributed by atoms with Gasteiger partial charge in [0.05, 0.1) is 6.10 Å². The number of unbranched alkanes of at least 4 members (excludes halogenated alkanes) is 5. The fraction of sp³-hybridized carbons (Fsp3) is 0.550. The van der Waals surface area contributed by atoms with Crippen molar-refractivity contribution >= 4 is 5.97 Å². The summed E-state index contributed by atoms with van der Waals surface area (Å²) < 4.78 is 0. The minimum Gasteiger partial charge on any atom is -0.481 e. The SMILES string of the molecule is CCCCCCC/C=C/C=C/C=C\C=C\[C@@H](O)CCCC(=O)O. The Kier molecular flexibility index (Phi) is 15.6. The number of allylic oxidation sites excluding steroid dienone is 7. The quantitative estimate of drug-likeness (QED) is 0.342. The first kappa shape index (κ1) is 21.4. The first-order valence-electron chi connectivity index (χ1n) is 8.73. The largest absolute Gasteiger partial charge is 0.481 e. The van der Waals surface area contributed by atoms with Crippen molar-refractivity contribution in [3.63, 3.8) is 0 Å². The Labute approximate surface area is 141 Å². The van der Waals surface area contributed by atoms with Crippen LogP contribution in [0.15, 0.2) is 48.6 Å². The average Bonchev–Trinajstić information content (AvgIpc) is 2.51. The lowest BCUT2D eigenvalue weighted by atomic mass is 10.1. The molecule has 0 aliphatic rings. The zero-order valence-corrected chi connectivity index (χ0v) is 14.4. The molecule has 3 nitrogen and oxygen atoms in total. The molecule has 0 saturated carbocycles. The summed E-state index contributed by atoms with van der Waals surface area (Å²) in [4.78, 5) is 10.3. The molecule has 0 unspecified atom stereocenters. The molecule has 1 atom stereocenters. The average molecular weight is 320 g/mol. The maximum Gasteiger partial charge on any atom is 0.303 e. The Balaban J connectivity index is 3.63. The summed E-state index contributed by atoms with van der Waals surface area (Å²) in [6, 6.07) is 0. The number of carbonyl (C=O) groups is 1. The van der Waals surface area contributed by atoms with Crippen LogP contribution in [0.25, 0.3) is 0 Å². The predicted molar refractivity (Wildman–Crippen MR) is 97.4 cm³/mol. The van der Waals surface area contributed by atoms with Gasteiger partial charge in [-0.1, -0.05) is 81.2 Å². The molecule has 3 heteroatoms. The van der Waals surface area contributed by atoms with Gasteiger partial charge in [-0.05, 0) is 25.7 Å². The van der Waals surface area contributed by atoms with Crippen LogP contribution in [-0.4, -0.2) is 22.3 Å². The van der Waals surface area contributed by atoms with Crippen molar-refractivity contribution in [2.75, 3.05) is 0 Å². The minimum atomic E-state index is -0.819. The van der Waals surface area contributed by atoms with E-state index in [1.54, 1.807) is 12.2 Å². The molecule has 0 amide bonds. The van der Waals surface area contributed by atoms with E-state index >= 15 is 0 Å². The molecule has 0 fully saturated rings. The van der Waals surface area contributed by atoms with Gasteiger partial charge >= 0.3 is 5.97 Å². The molecule has 23 heavy (non-hydrogen) atoms. The number of hydrogen-bond acceptors (Lipinski definition) is 2. The molecule has 0 bridgehead atoms. The van der Waals surface area contributed by atoms with E-state index in [-0.39, 0.29) is 6.42 Å². The van der Waals surface area contributed by atoms with Gasteiger partial charge in [0.1, 0.15) is 0 Å². The molecule has 0 aliphatic carbocycles. The normalized spacial score (nSPS) is 13.8. The highest BCUT2D eigenvalue weighted by molar-refractivity contribution is 5.66. The molecule has 130 valence electrons. The summed E-state index contributed by atoms with van der Waals surface area (Å²) in [5.74, 6) is -0.819. The highest BCUT2D eigenvalue weighted by Crippen LogP contribution is 2.05. The number of aliphatic carboxylic acids is 1. The lowest BCUT2D eigenvalue weighted by Crippen LogP contribution is -2.03.